The van der Waals surface area contributed by atoms with Crippen LogP contribution in [0.4, 0.5) is 0 Å². The van der Waals surface area contributed by atoms with E-state index in [1.807, 2.05) is 0 Å². The molecule has 1 aliphatic heterocycles. The quantitative estimate of drug-likeness (QED) is 0.807. The van der Waals surface area contributed by atoms with Crippen LogP contribution in [0.25, 0.3) is 6.08 Å². The van der Waals surface area contributed by atoms with Crippen LogP contribution in [-0.4, -0.2) is 37.0 Å². The van der Waals surface area contributed by atoms with Gasteiger partial charge in [0.25, 0.3) is 0 Å². The summed E-state index contributed by atoms with van der Waals surface area (Å²) in [6, 6.07) is 4.67. The van der Waals surface area contributed by atoms with Crippen molar-refractivity contribution < 1.29 is 18.3 Å². The van der Waals surface area contributed by atoms with Crippen molar-refractivity contribution in [2.24, 2.45) is 0 Å². The fraction of sp³-hybridized carbons (Fsp3) is 0.357. The summed E-state index contributed by atoms with van der Waals surface area (Å²) in [5.74, 6) is 0.745. The zero-order valence-corrected chi connectivity index (χ0v) is 13.2. The maximum absolute atomic E-state index is 12.3. The van der Waals surface area contributed by atoms with E-state index in [0.29, 0.717) is 5.56 Å². The van der Waals surface area contributed by atoms with Gasteiger partial charge in [-0.2, -0.15) is 11.8 Å². The van der Waals surface area contributed by atoms with Gasteiger partial charge in [0.05, 0.1) is 4.90 Å². The van der Waals surface area contributed by atoms with Crippen molar-refractivity contribution in [1.29, 1.82) is 0 Å². The van der Waals surface area contributed by atoms with Crippen LogP contribution in [-0.2, 0) is 14.8 Å². The second-order valence-corrected chi connectivity index (χ2v) is 7.74. The minimum absolute atomic E-state index is 0.00751. The first kappa shape index (κ1) is 16.1. The smallest absolute Gasteiger partial charge is 0.328 e. The highest BCUT2D eigenvalue weighted by molar-refractivity contribution is 7.99. The highest BCUT2D eigenvalue weighted by Gasteiger charge is 2.23. The summed E-state index contributed by atoms with van der Waals surface area (Å²) < 4.78 is 27.3. The molecule has 2 rings (SSSR count). The standard InChI is InChI=1S/C14H17NO4S2/c1-10-8-13(4-2-11(10)3-5-14(16)17)21(18,19)15-12-6-7-20-9-12/h2-5,8,12,15H,6-7,9H2,1H3,(H,16,17)/b5-3+. The molecule has 2 N–H and O–H groups in total. The van der Waals surface area contributed by atoms with Crippen LogP contribution in [0.3, 0.4) is 0 Å². The van der Waals surface area contributed by atoms with Gasteiger partial charge in [-0.1, -0.05) is 6.07 Å². The van der Waals surface area contributed by atoms with Crippen molar-refractivity contribution in [2.45, 2.75) is 24.3 Å². The largest absolute Gasteiger partial charge is 0.478 e. The highest BCUT2D eigenvalue weighted by atomic mass is 32.2. The van der Waals surface area contributed by atoms with E-state index < -0.39 is 16.0 Å². The lowest BCUT2D eigenvalue weighted by Gasteiger charge is -2.13. The first-order valence-corrected chi connectivity index (χ1v) is 9.14. The van der Waals surface area contributed by atoms with Gasteiger partial charge in [0.2, 0.25) is 10.0 Å². The molecule has 0 radical (unpaired) electrons. The Morgan fingerprint density at radius 2 is 2.24 bits per heavy atom. The second kappa shape index (κ2) is 6.64. The lowest BCUT2D eigenvalue weighted by molar-refractivity contribution is -0.131. The van der Waals surface area contributed by atoms with Gasteiger partial charge < -0.3 is 5.11 Å². The van der Waals surface area contributed by atoms with Gasteiger partial charge in [0.15, 0.2) is 0 Å². The molecule has 1 atom stereocenters. The Morgan fingerprint density at radius 3 is 2.81 bits per heavy atom. The third-order valence-electron chi connectivity index (χ3n) is 3.21. The highest BCUT2D eigenvalue weighted by Crippen LogP contribution is 2.21. The fourth-order valence-electron chi connectivity index (χ4n) is 2.08. The number of rotatable bonds is 5. The van der Waals surface area contributed by atoms with E-state index in [0.717, 1.165) is 29.6 Å². The Balaban J connectivity index is 2.20. The normalized spacial score (nSPS) is 19.2. The molecule has 0 aromatic heterocycles. The van der Waals surface area contributed by atoms with Crippen molar-refractivity contribution in [3.8, 4) is 0 Å². The Kier molecular flexibility index (Phi) is 5.08. The van der Waals surface area contributed by atoms with E-state index in [2.05, 4.69) is 4.72 Å². The number of benzene rings is 1. The third-order valence-corrected chi connectivity index (χ3v) is 5.89. The first-order valence-electron chi connectivity index (χ1n) is 6.50. The number of carboxylic acids is 1. The summed E-state index contributed by atoms with van der Waals surface area (Å²) >= 11 is 1.74. The van der Waals surface area contributed by atoms with Crippen molar-refractivity contribution in [3.63, 3.8) is 0 Å². The van der Waals surface area contributed by atoms with Crippen molar-refractivity contribution >= 4 is 33.8 Å². The van der Waals surface area contributed by atoms with Gasteiger partial charge in [-0.3, -0.25) is 0 Å². The summed E-state index contributed by atoms with van der Waals surface area (Å²) in [5.41, 5.74) is 1.41. The number of nitrogens with one attached hydrogen (secondary N) is 1. The molecule has 21 heavy (non-hydrogen) atoms. The topological polar surface area (TPSA) is 83.5 Å². The maximum atomic E-state index is 12.3. The molecule has 1 aliphatic rings. The molecule has 1 unspecified atom stereocenters. The molecule has 5 nitrogen and oxygen atoms in total. The number of aryl methyl sites for hydroxylation is 1. The molecule has 1 aromatic rings. The van der Waals surface area contributed by atoms with Gasteiger partial charge in [-0.15, -0.1) is 0 Å². The van der Waals surface area contributed by atoms with Gasteiger partial charge >= 0.3 is 5.97 Å². The van der Waals surface area contributed by atoms with E-state index in [4.69, 9.17) is 5.11 Å². The van der Waals surface area contributed by atoms with Gasteiger partial charge in [0, 0.05) is 17.9 Å². The van der Waals surface area contributed by atoms with Crippen LogP contribution in [0.5, 0.6) is 0 Å². The minimum atomic E-state index is -3.52. The number of aliphatic carboxylic acids is 1. The molecule has 0 bridgehead atoms. The third kappa shape index (κ3) is 4.33. The summed E-state index contributed by atoms with van der Waals surface area (Å²) in [6.45, 7) is 1.76. The number of sulfonamides is 1. The SMILES string of the molecule is Cc1cc(S(=O)(=O)NC2CCSC2)ccc1/C=C/C(=O)O. The van der Waals surface area contributed by atoms with Crippen LogP contribution in [0.15, 0.2) is 29.2 Å². The average molecular weight is 327 g/mol. The molecule has 7 heteroatoms. The number of hydrogen-bond acceptors (Lipinski definition) is 4. The predicted octanol–water partition coefficient (Wildman–Crippen LogP) is 1.88. The van der Waals surface area contributed by atoms with Crippen molar-refractivity contribution in [3.05, 3.63) is 35.4 Å². The van der Waals surface area contributed by atoms with E-state index in [-0.39, 0.29) is 10.9 Å². The summed E-state index contributed by atoms with van der Waals surface area (Å²) in [4.78, 5) is 10.7. The van der Waals surface area contributed by atoms with E-state index >= 15 is 0 Å². The Morgan fingerprint density at radius 1 is 1.48 bits per heavy atom. The maximum Gasteiger partial charge on any atom is 0.328 e. The zero-order valence-electron chi connectivity index (χ0n) is 11.6. The minimum Gasteiger partial charge on any atom is -0.478 e. The Labute approximate surface area is 128 Å². The molecule has 0 saturated carbocycles. The molecule has 0 aliphatic carbocycles. The first-order chi connectivity index (χ1) is 9.88. The van der Waals surface area contributed by atoms with Crippen LogP contribution >= 0.6 is 11.8 Å². The second-order valence-electron chi connectivity index (χ2n) is 4.87. The lowest BCUT2D eigenvalue weighted by Crippen LogP contribution is -2.34. The summed E-state index contributed by atoms with van der Waals surface area (Å²) in [7, 11) is -3.52. The van der Waals surface area contributed by atoms with Gasteiger partial charge in [-0.25, -0.2) is 17.9 Å². The predicted molar refractivity (Wildman–Crippen MR) is 83.9 cm³/mol. The van der Waals surface area contributed by atoms with Crippen LogP contribution in [0.2, 0.25) is 0 Å². The molecular formula is C14H17NO4S2. The number of carbonyl (C=O) groups is 1. The monoisotopic (exact) mass is 327 g/mol. The number of carboxylic acid groups (broad SMARTS) is 1. The van der Waals surface area contributed by atoms with E-state index in [1.165, 1.54) is 12.1 Å². The fourth-order valence-corrected chi connectivity index (χ4v) is 4.69. The number of hydrogen-bond donors (Lipinski definition) is 2. The number of thioether (sulfide) groups is 1. The van der Waals surface area contributed by atoms with Crippen LogP contribution in [0, 0.1) is 6.92 Å². The zero-order chi connectivity index (χ0) is 15.5. The summed E-state index contributed by atoms with van der Waals surface area (Å²) in [6.07, 6.45) is 3.34. The summed E-state index contributed by atoms with van der Waals surface area (Å²) in [5, 5.41) is 8.61. The Bertz CT molecular complexity index is 662. The molecule has 1 aromatic carbocycles. The molecular weight excluding hydrogens is 310 g/mol. The molecule has 114 valence electrons. The molecule has 0 amide bonds. The molecule has 1 saturated heterocycles. The molecule has 1 heterocycles. The van der Waals surface area contributed by atoms with Gasteiger partial charge in [-0.05, 0) is 48.4 Å². The van der Waals surface area contributed by atoms with Crippen molar-refractivity contribution in [2.75, 3.05) is 11.5 Å². The van der Waals surface area contributed by atoms with Gasteiger partial charge in [0.1, 0.15) is 0 Å². The van der Waals surface area contributed by atoms with Crippen molar-refractivity contribution in [1.82, 2.24) is 4.72 Å². The van der Waals surface area contributed by atoms with Crippen LogP contribution in [0.1, 0.15) is 17.5 Å². The average Bonchev–Trinajstić information content (AvgIpc) is 2.89. The van der Waals surface area contributed by atoms with Crippen LogP contribution < -0.4 is 4.72 Å². The Hall–Kier alpha value is -1.31. The molecule has 0 spiro atoms. The van der Waals surface area contributed by atoms with E-state index in [1.54, 1.807) is 30.8 Å². The van der Waals surface area contributed by atoms with E-state index in [9.17, 15) is 13.2 Å². The lowest BCUT2D eigenvalue weighted by atomic mass is 10.1. The molecule has 1 fully saturated rings.